The summed E-state index contributed by atoms with van der Waals surface area (Å²) in [4.78, 5) is 7.27. The van der Waals surface area contributed by atoms with Crippen molar-refractivity contribution in [1.82, 2.24) is 9.88 Å². The van der Waals surface area contributed by atoms with Crippen LogP contribution in [-0.4, -0.2) is 30.0 Å². The van der Waals surface area contributed by atoms with E-state index in [0.717, 1.165) is 17.9 Å². The lowest BCUT2D eigenvalue weighted by Gasteiger charge is -2.35. The quantitative estimate of drug-likeness (QED) is 0.776. The molecule has 2 nitrogen and oxygen atoms in total. The van der Waals surface area contributed by atoms with Gasteiger partial charge >= 0.3 is 0 Å². The fourth-order valence-corrected chi connectivity index (χ4v) is 4.49. The molecule has 1 saturated heterocycles. The van der Waals surface area contributed by atoms with Crippen molar-refractivity contribution < 1.29 is 0 Å². The van der Waals surface area contributed by atoms with E-state index in [1.54, 1.807) is 0 Å². The highest BCUT2D eigenvalue weighted by Gasteiger charge is 2.33. The molecule has 0 spiro atoms. The number of piperidine rings is 1. The molecule has 1 fully saturated rings. The number of halogens is 1. The van der Waals surface area contributed by atoms with Gasteiger partial charge in [-0.3, -0.25) is 4.98 Å². The zero-order chi connectivity index (χ0) is 15.8. The molecule has 120 valence electrons. The number of benzene rings is 1. The maximum absolute atomic E-state index is 6.27. The number of rotatable bonds is 1. The highest BCUT2D eigenvalue weighted by Crippen LogP contribution is 2.42. The van der Waals surface area contributed by atoms with E-state index < -0.39 is 0 Å². The molecule has 3 heteroatoms. The van der Waals surface area contributed by atoms with E-state index in [1.807, 2.05) is 6.20 Å². The van der Waals surface area contributed by atoms with Gasteiger partial charge < -0.3 is 4.90 Å². The van der Waals surface area contributed by atoms with Crippen LogP contribution in [0.3, 0.4) is 0 Å². The van der Waals surface area contributed by atoms with Gasteiger partial charge in [-0.05, 0) is 86.6 Å². The Morgan fingerprint density at radius 1 is 1.09 bits per heavy atom. The van der Waals surface area contributed by atoms with Gasteiger partial charge in [0.2, 0.25) is 0 Å². The number of hydrogen-bond donors (Lipinski definition) is 0. The van der Waals surface area contributed by atoms with Crippen LogP contribution in [0.25, 0.3) is 0 Å². The second-order valence-electron chi connectivity index (χ2n) is 7.01. The number of pyridine rings is 1. The van der Waals surface area contributed by atoms with Crippen LogP contribution >= 0.6 is 11.6 Å². The van der Waals surface area contributed by atoms with Crippen molar-refractivity contribution in [3.05, 3.63) is 63.9 Å². The summed E-state index contributed by atoms with van der Waals surface area (Å²) in [7, 11) is 2.23. The summed E-state index contributed by atoms with van der Waals surface area (Å²) in [6.45, 7) is 2.37. The molecule has 1 atom stereocenters. The van der Waals surface area contributed by atoms with E-state index in [9.17, 15) is 0 Å². The molecule has 0 saturated carbocycles. The maximum atomic E-state index is 6.27. The number of aryl methyl sites for hydroxylation is 2. The van der Waals surface area contributed by atoms with Crippen molar-refractivity contribution in [2.75, 3.05) is 20.1 Å². The fraction of sp³-hybridized carbons (Fsp3) is 0.450. The average molecular weight is 327 g/mol. The first-order valence-corrected chi connectivity index (χ1v) is 9.01. The topological polar surface area (TPSA) is 16.1 Å². The van der Waals surface area contributed by atoms with Gasteiger partial charge in [0.15, 0.2) is 0 Å². The third-order valence-electron chi connectivity index (χ3n) is 5.56. The number of likely N-dealkylation sites (tertiary alicyclic amines) is 1. The molecule has 1 aliphatic carbocycles. The van der Waals surface area contributed by atoms with Gasteiger partial charge in [0.25, 0.3) is 0 Å². The van der Waals surface area contributed by atoms with E-state index in [1.165, 1.54) is 48.3 Å². The first-order chi connectivity index (χ1) is 11.2. The summed E-state index contributed by atoms with van der Waals surface area (Å²) >= 11 is 6.27. The second-order valence-corrected chi connectivity index (χ2v) is 7.45. The summed E-state index contributed by atoms with van der Waals surface area (Å²) in [5, 5.41) is 0.852. The van der Waals surface area contributed by atoms with Crippen molar-refractivity contribution in [3.63, 3.8) is 0 Å². The van der Waals surface area contributed by atoms with Crippen molar-refractivity contribution >= 4 is 11.6 Å². The van der Waals surface area contributed by atoms with Crippen molar-refractivity contribution in [3.8, 4) is 0 Å². The monoisotopic (exact) mass is 326 g/mol. The molecule has 2 aromatic rings. The Balaban J connectivity index is 1.81. The Morgan fingerprint density at radius 3 is 2.70 bits per heavy atom. The summed E-state index contributed by atoms with van der Waals surface area (Å²) in [6.07, 6.45) is 6.59. The van der Waals surface area contributed by atoms with Crippen molar-refractivity contribution in [1.29, 1.82) is 0 Å². The van der Waals surface area contributed by atoms with Crippen molar-refractivity contribution in [2.24, 2.45) is 5.92 Å². The number of aromatic nitrogens is 1. The minimum Gasteiger partial charge on any atom is -0.306 e. The van der Waals surface area contributed by atoms with Crippen molar-refractivity contribution in [2.45, 2.75) is 31.6 Å². The van der Waals surface area contributed by atoms with E-state index in [4.69, 9.17) is 16.6 Å². The van der Waals surface area contributed by atoms with Crippen LogP contribution in [0.1, 0.15) is 41.1 Å². The van der Waals surface area contributed by atoms with E-state index in [0.29, 0.717) is 11.8 Å². The Labute approximate surface area is 143 Å². The lowest BCUT2D eigenvalue weighted by Crippen LogP contribution is -2.33. The molecule has 23 heavy (non-hydrogen) atoms. The lowest BCUT2D eigenvalue weighted by molar-refractivity contribution is 0.206. The zero-order valence-electron chi connectivity index (χ0n) is 13.6. The molecule has 4 rings (SSSR count). The van der Waals surface area contributed by atoms with Crippen LogP contribution in [-0.2, 0) is 12.8 Å². The van der Waals surface area contributed by atoms with Crippen LogP contribution in [0.2, 0.25) is 5.02 Å². The molecule has 1 aromatic heterocycles. The van der Waals surface area contributed by atoms with Crippen LogP contribution < -0.4 is 0 Å². The Bertz CT molecular complexity index is 705. The number of hydrogen-bond acceptors (Lipinski definition) is 2. The molecular formula is C20H23ClN2. The fourth-order valence-electron chi connectivity index (χ4n) is 4.29. The predicted molar refractivity (Wildman–Crippen MR) is 95.2 cm³/mol. The predicted octanol–water partition coefficient (Wildman–Crippen LogP) is 4.31. The Morgan fingerprint density at radius 2 is 1.87 bits per heavy atom. The van der Waals surface area contributed by atoms with Crippen LogP contribution in [0, 0.1) is 5.92 Å². The largest absolute Gasteiger partial charge is 0.306 e. The molecule has 2 aliphatic rings. The minimum atomic E-state index is 0.426. The van der Waals surface area contributed by atoms with Gasteiger partial charge in [0.1, 0.15) is 0 Å². The highest BCUT2D eigenvalue weighted by atomic mass is 35.5. The van der Waals surface area contributed by atoms with E-state index in [-0.39, 0.29) is 0 Å². The third-order valence-corrected chi connectivity index (χ3v) is 5.79. The first-order valence-electron chi connectivity index (χ1n) is 8.63. The standard InChI is InChI=1S/C20H23ClN2/c1-23-11-8-14(9-12-23)19-18-7-6-17(21)13-16(18)5-4-15-3-2-10-22-20(15)19/h2-3,6-7,10,13-14,19H,4-5,8-9,11-12H2,1H3/t19-/m1/s1. The summed E-state index contributed by atoms with van der Waals surface area (Å²) in [6, 6.07) is 10.8. The second kappa shape index (κ2) is 6.26. The van der Waals surface area contributed by atoms with E-state index >= 15 is 0 Å². The first kappa shape index (κ1) is 15.2. The molecular weight excluding hydrogens is 304 g/mol. The summed E-state index contributed by atoms with van der Waals surface area (Å²) < 4.78 is 0. The SMILES string of the molecule is CN1CCC([C@@H]2c3ccc(Cl)cc3CCc3cccnc32)CC1. The third kappa shape index (κ3) is 2.90. The molecule has 1 aromatic carbocycles. The van der Waals surface area contributed by atoms with Gasteiger partial charge in [-0.15, -0.1) is 0 Å². The molecule has 0 bridgehead atoms. The molecule has 0 unspecified atom stereocenters. The molecule has 0 radical (unpaired) electrons. The summed E-state index contributed by atoms with van der Waals surface area (Å²) in [5.41, 5.74) is 5.60. The van der Waals surface area contributed by atoms with Crippen LogP contribution in [0.5, 0.6) is 0 Å². The van der Waals surface area contributed by atoms with E-state index in [2.05, 4.69) is 42.3 Å². The smallest absolute Gasteiger partial charge is 0.0513 e. The summed E-state index contributed by atoms with van der Waals surface area (Å²) in [5.74, 6) is 1.10. The Hall–Kier alpha value is -1.38. The zero-order valence-corrected chi connectivity index (χ0v) is 14.4. The number of fused-ring (bicyclic) bond motifs is 2. The molecule has 0 amide bonds. The molecule has 0 N–H and O–H groups in total. The molecule has 1 aliphatic heterocycles. The number of nitrogens with zero attached hydrogens (tertiary/aromatic N) is 2. The average Bonchev–Trinajstić information content (AvgIpc) is 2.72. The Kier molecular flexibility index (Phi) is 4.13. The van der Waals surface area contributed by atoms with Gasteiger partial charge in [0.05, 0.1) is 5.69 Å². The van der Waals surface area contributed by atoms with Gasteiger partial charge in [-0.2, -0.15) is 0 Å². The highest BCUT2D eigenvalue weighted by molar-refractivity contribution is 6.30. The van der Waals surface area contributed by atoms with Crippen LogP contribution in [0.4, 0.5) is 0 Å². The lowest BCUT2D eigenvalue weighted by atomic mass is 9.76. The van der Waals surface area contributed by atoms with Gasteiger partial charge in [-0.25, -0.2) is 0 Å². The minimum absolute atomic E-state index is 0.426. The maximum Gasteiger partial charge on any atom is 0.0513 e. The molecule has 2 heterocycles. The van der Waals surface area contributed by atoms with Crippen LogP contribution in [0.15, 0.2) is 36.5 Å². The van der Waals surface area contributed by atoms with Gasteiger partial charge in [0, 0.05) is 17.1 Å². The normalized spacial score (nSPS) is 22.3. The van der Waals surface area contributed by atoms with Gasteiger partial charge in [-0.1, -0.05) is 23.7 Å².